The molecule has 0 amide bonds. The molecule has 0 aromatic heterocycles. The van der Waals surface area contributed by atoms with Gasteiger partial charge < -0.3 is 5.32 Å². The maximum atomic E-state index is 3.08. The zero-order chi connectivity index (χ0) is 3.70. The fourth-order valence-electron chi connectivity index (χ4n) is 0.304. The van der Waals surface area contributed by atoms with Crippen molar-refractivity contribution >= 4 is 0 Å². The van der Waals surface area contributed by atoms with Crippen LogP contribution in [0.4, 0.5) is 0 Å². The second kappa shape index (κ2) is 0.977. The van der Waals surface area contributed by atoms with E-state index in [1.807, 2.05) is 7.05 Å². The summed E-state index contributed by atoms with van der Waals surface area (Å²) in [6.45, 7) is 0. The molecule has 5 heavy (non-hydrogen) atoms. The number of nitrogens with one attached hydrogen (secondary N) is 1. The molecule has 1 radical (unpaired) electrons. The minimum Gasteiger partial charge on any atom is -0.317 e. The van der Waals surface area contributed by atoms with Gasteiger partial charge >= 0.3 is 0 Å². The van der Waals surface area contributed by atoms with Gasteiger partial charge in [0.1, 0.15) is 0 Å². The number of hydrogen-bond acceptors (Lipinski definition) is 1. The van der Waals surface area contributed by atoms with E-state index in [1.54, 1.807) is 0 Å². The van der Waals surface area contributed by atoms with Crippen LogP contribution in [0.5, 0.6) is 0 Å². The summed E-state index contributed by atoms with van der Waals surface area (Å²) in [7, 11) is 1.98. The van der Waals surface area contributed by atoms with E-state index in [0.29, 0.717) is 0 Å². The maximum absolute atomic E-state index is 3.08. The summed E-state index contributed by atoms with van der Waals surface area (Å²) in [5, 5.41) is 3.08. The molecule has 1 fully saturated rings. The summed E-state index contributed by atoms with van der Waals surface area (Å²) in [6, 6.07) is 0.759. The molecule has 29 valence electrons. The van der Waals surface area contributed by atoms with Crippen molar-refractivity contribution < 1.29 is 0 Å². The number of rotatable bonds is 1. The van der Waals surface area contributed by atoms with Gasteiger partial charge in [0.2, 0.25) is 0 Å². The lowest BCUT2D eigenvalue weighted by Crippen LogP contribution is -2.06. The molecule has 0 spiro atoms. The van der Waals surface area contributed by atoms with E-state index in [9.17, 15) is 0 Å². The van der Waals surface area contributed by atoms with Gasteiger partial charge in [-0.3, -0.25) is 0 Å². The van der Waals surface area contributed by atoms with Crippen LogP contribution in [0.15, 0.2) is 0 Å². The highest BCUT2D eigenvalue weighted by Crippen LogP contribution is 2.15. The minimum atomic E-state index is 0.759. The zero-order valence-corrected chi connectivity index (χ0v) is 3.36. The third-order valence-electron chi connectivity index (χ3n) is 0.842. The largest absolute Gasteiger partial charge is 0.317 e. The molecule has 1 saturated carbocycles. The van der Waals surface area contributed by atoms with Gasteiger partial charge in [-0.2, -0.15) is 0 Å². The van der Waals surface area contributed by atoms with Crippen LogP contribution in [0.25, 0.3) is 0 Å². The van der Waals surface area contributed by atoms with Crippen molar-refractivity contribution in [3.63, 3.8) is 0 Å². The topological polar surface area (TPSA) is 12.0 Å². The van der Waals surface area contributed by atoms with Crippen molar-refractivity contribution in [2.24, 2.45) is 0 Å². The lowest BCUT2D eigenvalue weighted by Gasteiger charge is -1.80. The summed E-state index contributed by atoms with van der Waals surface area (Å²) in [5.41, 5.74) is 0. The molecular weight excluding hydrogens is 62.1 g/mol. The first-order valence-electron chi connectivity index (χ1n) is 1.94. The smallest absolute Gasteiger partial charge is 0.00994 e. The Morgan fingerprint density at radius 2 is 2.60 bits per heavy atom. The molecule has 0 aliphatic heterocycles. The second-order valence-electron chi connectivity index (χ2n) is 1.37. The monoisotopic (exact) mass is 70.1 g/mol. The van der Waals surface area contributed by atoms with Crippen LogP contribution in [0.1, 0.15) is 6.42 Å². The first kappa shape index (κ1) is 3.16. The van der Waals surface area contributed by atoms with Gasteiger partial charge in [0, 0.05) is 6.04 Å². The lowest BCUT2D eigenvalue weighted by molar-refractivity contribution is 0.830. The average Bonchev–Trinajstić information content (AvgIpc) is 2.12. The lowest BCUT2D eigenvalue weighted by atomic mass is 10.7. The third kappa shape index (κ3) is 0.618. The fourth-order valence-corrected chi connectivity index (χ4v) is 0.304. The predicted molar refractivity (Wildman–Crippen MR) is 21.8 cm³/mol. The molecule has 1 nitrogen and oxygen atoms in total. The maximum Gasteiger partial charge on any atom is 0.00994 e. The van der Waals surface area contributed by atoms with Crippen LogP contribution >= 0.6 is 0 Å². The van der Waals surface area contributed by atoms with Crippen molar-refractivity contribution in [1.29, 1.82) is 0 Å². The molecule has 1 rings (SSSR count). The highest BCUT2D eigenvalue weighted by Gasteiger charge is 2.17. The van der Waals surface area contributed by atoms with Crippen molar-refractivity contribution in [2.45, 2.75) is 12.5 Å². The summed E-state index contributed by atoms with van der Waals surface area (Å²) >= 11 is 0. The van der Waals surface area contributed by atoms with E-state index in [-0.39, 0.29) is 0 Å². The molecule has 0 aromatic carbocycles. The van der Waals surface area contributed by atoms with Crippen molar-refractivity contribution in [3.05, 3.63) is 6.42 Å². The predicted octanol–water partition coefficient (Wildman–Crippen LogP) is 0.182. The van der Waals surface area contributed by atoms with Crippen molar-refractivity contribution in [1.82, 2.24) is 5.32 Å². The molecule has 0 bridgehead atoms. The van der Waals surface area contributed by atoms with Crippen LogP contribution in [0, 0.1) is 6.42 Å². The van der Waals surface area contributed by atoms with Crippen LogP contribution < -0.4 is 5.32 Å². The Morgan fingerprint density at radius 1 is 2.00 bits per heavy atom. The average molecular weight is 70.1 g/mol. The summed E-state index contributed by atoms with van der Waals surface area (Å²) in [4.78, 5) is 0. The summed E-state index contributed by atoms with van der Waals surface area (Å²) < 4.78 is 0. The molecule has 1 unspecified atom stereocenters. The van der Waals surface area contributed by atoms with E-state index >= 15 is 0 Å². The molecule has 1 N–H and O–H groups in total. The fraction of sp³-hybridized carbons (Fsp3) is 0.750. The summed E-state index contributed by atoms with van der Waals surface area (Å²) in [6.07, 6.45) is 3.51. The van der Waals surface area contributed by atoms with Gasteiger partial charge in [-0.05, 0) is 19.9 Å². The van der Waals surface area contributed by atoms with Crippen molar-refractivity contribution in [2.75, 3.05) is 7.05 Å². The van der Waals surface area contributed by atoms with Gasteiger partial charge in [0.15, 0.2) is 0 Å². The zero-order valence-electron chi connectivity index (χ0n) is 3.36. The molecule has 0 aromatic rings. The third-order valence-corrected chi connectivity index (χ3v) is 0.842. The Balaban J connectivity index is 2.00. The first-order chi connectivity index (χ1) is 2.43. The number of hydrogen-bond donors (Lipinski definition) is 1. The molecule has 1 aliphatic rings. The summed E-state index contributed by atoms with van der Waals surface area (Å²) in [5.74, 6) is 0. The SMILES string of the molecule is CNC1[CH]C1. The highest BCUT2D eigenvalue weighted by atomic mass is 14.9. The van der Waals surface area contributed by atoms with Gasteiger partial charge in [-0.25, -0.2) is 0 Å². The van der Waals surface area contributed by atoms with Crippen LogP contribution in [0.3, 0.4) is 0 Å². The van der Waals surface area contributed by atoms with Gasteiger partial charge in [0.05, 0.1) is 0 Å². The Labute approximate surface area is 32.4 Å². The second-order valence-corrected chi connectivity index (χ2v) is 1.37. The minimum absolute atomic E-state index is 0.759. The van der Waals surface area contributed by atoms with E-state index in [1.165, 1.54) is 6.42 Å². The quantitative estimate of drug-likeness (QED) is 0.464. The van der Waals surface area contributed by atoms with Gasteiger partial charge in [-0.1, -0.05) is 0 Å². The van der Waals surface area contributed by atoms with E-state index in [2.05, 4.69) is 11.7 Å². The molecule has 0 heterocycles. The molecule has 0 saturated heterocycles. The Morgan fingerprint density at radius 3 is 2.60 bits per heavy atom. The molecular formula is C4H8N. The Bertz CT molecular complexity index is 30.6. The van der Waals surface area contributed by atoms with Crippen LogP contribution in [-0.2, 0) is 0 Å². The highest BCUT2D eigenvalue weighted by molar-refractivity contribution is 5.00. The standard InChI is InChI=1S/C4H8N/c1-5-4-2-3-4/h2,4-5H,3H2,1H3. The van der Waals surface area contributed by atoms with Crippen LogP contribution in [-0.4, -0.2) is 13.1 Å². The molecule has 1 heteroatoms. The van der Waals surface area contributed by atoms with Crippen LogP contribution in [0.2, 0.25) is 0 Å². The first-order valence-corrected chi connectivity index (χ1v) is 1.94. The van der Waals surface area contributed by atoms with Gasteiger partial charge in [-0.15, -0.1) is 0 Å². The van der Waals surface area contributed by atoms with E-state index in [0.717, 1.165) is 6.04 Å². The Hall–Kier alpha value is -0.0400. The molecule has 1 atom stereocenters. The van der Waals surface area contributed by atoms with E-state index < -0.39 is 0 Å². The van der Waals surface area contributed by atoms with Crippen molar-refractivity contribution in [3.8, 4) is 0 Å². The van der Waals surface area contributed by atoms with E-state index in [4.69, 9.17) is 0 Å². The van der Waals surface area contributed by atoms with Gasteiger partial charge in [0.25, 0.3) is 0 Å². The Kier molecular flexibility index (Phi) is 0.618. The molecule has 1 aliphatic carbocycles. The normalized spacial score (nSPS) is 23.4.